The number of nitrogens with one attached hydrogen (secondary N) is 1. The summed E-state index contributed by atoms with van der Waals surface area (Å²) in [4.78, 5) is 23.5. The van der Waals surface area contributed by atoms with E-state index in [4.69, 9.17) is 9.05 Å². The van der Waals surface area contributed by atoms with E-state index in [0.717, 1.165) is 44.9 Å². The van der Waals surface area contributed by atoms with Gasteiger partial charge in [0.05, 0.1) is 18.8 Å². The molecule has 1 fully saturated rings. The third-order valence-corrected chi connectivity index (χ3v) is 14.6. The van der Waals surface area contributed by atoms with Crippen LogP contribution in [0.4, 0.5) is 0 Å². The Labute approximate surface area is 403 Å². The Hall–Kier alpha value is -0.920. The number of carbonyl (C=O) groups is 1. The van der Waals surface area contributed by atoms with Crippen molar-refractivity contribution in [1.82, 2.24) is 5.32 Å². The van der Waals surface area contributed by atoms with Gasteiger partial charge in [0.2, 0.25) is 5.91 Å². The molecule has 12 nitrogen and oxygen atoms in total. The van der Waals surface area contributed by atoms with Crippen molar-refractivity contribution in [2.45, 2.75) is 313 Å². The molecule has 1 aliphatic carbocycles. The van der Waals surface area contributed by atoms with Gasteiger partial charge < -0.3 is 40.8 Å². The molecule has 13 heteroatoms. The highest BCUT2D eigenvalue weighted by Crippen LogP contribution is 2.47. The van der Waals surface area contributed by atoms with Crippen molar-refractivity contribution in [3.63, 3.8) is 0 Å². The minimum Gasteiger partial charge on any atom is -0.387 e. The molecule has 0 aliphatic heterocycles. The van der Waals surface area contributed by atoms with E-state index in [0.29, 0.717) is 6.42 Å². The molecule has 0 aromatic heterocycles. The molecule has 1 aliphatic rings. The number of hydrogen-bond donors (Lipinski definition) is 8. The number of phosphoric acid groups is 1. The molecule has 0 radical (unpaired) electrons. The van der Waals surface area contributed by atoms with Gasteiger partial charge in [-0.2, -0.15) is 0 Å². The summed E-state index contributed by atoms with van der Waals surface area (Å²) in [6, 6.07) is -1.11. The van der Waals surface area contributed by atoms with E-state index < -0.39 is 63.2 Å². The van der Waals surface area contributed by atoms with Crippen molar-refractivity contribution >= 4 is 13.7 Å². The van der Waals surface area contributed by atoms with Gasteiger partial charge in [-0.25, -0.2) is 4.57 Å². The Morgan fingerprint density at radius 2 is 0.803 bits per heavy atom. The van der Waals surface area contributed by atoms with Gasteiger partial charge >= 0.3 is 7.82 Å². The first kappa shape index (κ1) is 63.1. The van der Waals surface area contributed by atoms with Crippen LogP contribution in [0, 0.1) is 0 Å². The van der Waals surface area contributed by atoms with Gasteiger partial charge in [0, 0.05) is 6.42 Å². The van der Waals surface area contributed by atoms with Crippen molar-refractivity contribution in [2.75, 3.05) is 6.61 Å². The molecule has 0 saturated heterocycles. The zero-order valence-electron chi connectivity index (χ0n) is 42.3. The van der Waals surface area contributed by atoms with Gasteiger partial charge in [-0.15, -0.1) is 0 Å². The van der Waals surface area contributed by atoms with Crippen molar-refractivity contribution in [2.24, 2.45) is 0 Å². The topological polar surface area (TPSA) is 206 Å². The normalized spacial score (nSPS) is 21.9. The zero-order valence-corrected chi connectivity index (χ0v) is 43.2. The van der Waals surface area contributed by atoms with E-state index in [9.17, 15) is 44.9 Å². The lowest BCUT2D eigenvalue weighted by molar-refractivity contribution is -0.220. The predicted octanol–water partition coefficient (Wildman–Crippen LogP) is 12.0. The standard InChI is InChI=1S/C53H104NO11P/c1-3-5-7-9-11-13-15-17-19-21-22-23-24-25-26-27-29-31-33-35-37-39-41-43-47(56)54-45(44-64-66(62,63)65-53-51(60)49(58)48(57)50(59)52(53)61)46(55)42-40-38-36-34-32-30-28-20-18-16-14-12-10-8-6-4-2/h40,42,45-46,48-53,55,57-61H,3-39,41,43-44H2,1-2H3,(H,54,56)(H,62,63)/b42-40+/t45-,46+,48?,49+,50?,51?,52?,53?/m0/s1. The fourth-order valence-corrected chi connectivity index (χ4v) is 10.0. The summed E-state index contributed by atoms with van der Waals surface area (Å²) in [5.41, 5.74) is 0. The number of aliphatic hydroxyl groups is 6. The summed E-state index contributed by atoms with van der Waals surface area (Å²) >= 11 is 0. The van der Waals surface area contributed by atoms with E-state index in [1.54, 1.807) is 6.08 Å². The van der Waals surface area contributed by atoms with Gasteiger partial charge in [0.25, 0.3) is 0 Å². The maximum atomic E-state index is 13.0. The van der Waals surface area contributed by atoms with Crippen LogP contribution < -0.4 is 5.32 Å². The number of hydrogen-bond acceptors (Lipinski definition) is 10. The maximum Gasteiger partial charge on any atom is 0.472 e. The number of aliphatic hydroxyl groups excluding tert-OH is 6. The lowest BCUT2D eigenvalue weighted by Gasteiger charge is -2.41. The number of unbranched alkanes of at least 4 members (excludes halogenated alkanes) is 36. The first-order valence-electron chi connectivity index (χ1n) is 27.6. The molecule has 0 spiro atoms. The average Bonchev–Trinajstić information content (AvgIpc) is 3.30. The first-order chi connectivity index (χ1) is 31.9. The van der Waals surface area contributed by atoms with Crippen LogP contribution in [0.15, 0.2) is 12.2 Å². The van der Waals surface area contributed by atoms with E-state index >= 15 is 0 Å². The summed E-state index contributed by atoms with van der Waals surface area (Å²) < 4.78 is 23.0. The minimum absolute atomic E-state index is 0.219. The summed E-state index contributed by atoms with van der Waals surface area (Å²) in [7, 11) is -5.08. The Morgan fingerprint density at radius 3 is 1.15 bits per heavy atom. The van der Waals surface area contributed by atoms with Crippen molar-refractivity contribution in [1.29, 1.82) is 0 Å². The molecule has 0 bridgehead atoms. The molecule has 9 atom stereocenters. The molecule has 1 saturated carbocycles. The fraction of sp³-hybridized carbons (Fsp3) is 0.943. The molecular weight excluding hydrogens is 858 g/mol. The highest BCUT2D eigenvalue weighted by molar-refractivity contribution is 7.47. The average molecular weight is 962 g/mol. The largest absolute Gasteiger partial charge is 0.472 e. The molecule has 0 heterocycles. The van der Waals surface area contributed by atoms with Gasteiger partial charge in [-0.05, 0) is 19.3 Å². The van der Waals surface area contributed by atoms with Crippen molar-refractivity contribution in [3.8, 4) is 0 Å². The number of allylic oxidation sites excluding steroid dienone is 1. The highest BCUT2D eigenvalue weighted by atomic mass is 31.2. The number of rotatable bonds is 47. The van der Waals surface area contributed by atoms with Crippen molar-refractivity contribution in [3.05, 3.63) is 12.2 Å². The van der Waals surface area contributed by atoms with Crippen LogP contribution in [-0.2, 0) is 18.4 Å². The van der Waals surface area contributed by atoms with Crippen LogP contribution in [0.1, 0.15) is 264 Å². The molecule has 0 aromatic rings. The SMILES string of the molecule is CCCCCCCCCCCCCCCC/C=C/[C@@H](O)[C@H](COP(=O)(O)OC1C(O)C(O)C(O)[C@@H](O)C1O)NC(=O)CCCCCCCCCCCCCCCCCCCCCCCCC. The Morgan fingerprint density at radius 1 is 0.500 bits per heavy atom. The molecule has 66 heavy (non-hydrogen) atoms. The monoisotopic (exact) mass is 962 g/mol. The Kier molecular flexibility index (Phi) is 41.0. The third-order valence-electron chi connectivity index (χ3n) is 13.6. The van der Waals surface area contributed by atoms with Gasteiger partial charge in [0.1, 0.15) is 36.6 Å². The van der Waals surface area contributed by atoms with Gasteiger partial charge in [0.15, 0.2) is 0 Å². The molecule has 1 rings (SSSR count). The molecule has 6 unspecified atom stereocenters. The van der Waals surface area contributed by atoms with Crippen LogP contribution in [0.3, 0.4) is 0 Å². The quantitative estimate of drug-likeness (QED) is 0.0164. The molecule has 8 N–H and O–H groups in total. The predicted molar refractivity (Wildman–Crippen MR) is 269 cm³/mol. The highest BCUT2D eigenvalue weighted by Gasteiger charge is 2.51. The smallest absolute Gasteiger partial charge is 0.387 e. The number of amides is 1. The van der Waals surface area contributed by atoms with E-state index in [1.165, 1.54) is 193 Å². The fourth-order valence-electron chi connectivity index (χ4n) is 9.08. The second-order valence-electron chi connectivity index (χ2n) is 19.8. The van der Waals surface area contributed by atoms with Crippen LogP contribution >= 0.6 is 7.82 Å². The van der Waals surface area contributed by atoms with Crippen LogP contribution in [0.5, 0.6) is 0 Å². The molecule has 392 valence electrons. The number of carbonyl (C=O) groups excluding carboxylic acids is 1. The zero-order chi connectivity index (χ0) is 48.5. The van der Waals surface area contributed by atoms with Gasteiger partial charge in [-0.1, -0.05) is 251 Å². The third kappa shape index (κ3) is 33.6. The second kappa shape index (κ2) is 42.9. The van der Waals surface area contributed by atoms with Crippen molar-refractivity contribution < 1.29 is 53.9 Å². The van der Waals surface area contributed by atoms with E-state index in [-0.39, 0.29) is 12.3 Å². The molecule has 1 amide bonds. The summed E-state index contributed by atoms with van der Waals surface area (Å²) in [5.74, 6) is -0.335. The molecule has 0 aromatic carbocycles. The molecular formula is C53H104NO11P. The summed E-state index contributed by atoms with van der Waals surface area (Å²) in [6.45, 7) is 3.88. The summed E-state index contributed by atoms with van der Waals surface area (Å²) in [5, 5.41) is 64.2. The number of phosphoric ester groups is 1. The summed E-state index contributed by atoms with van der Waals surface area (Å²) in [6.07, 6.45) is 38.5. The second-order valence-corrected chi connectivity index (χ2v) is 21.2. The van der Waals surface area contributed by atoms with Crippen LogP contribution in [0.25, 0.3) is 0 Å². The van der Waals surface area contributed by atoms with Gasteiger partial charge in [-0.3, -0.25) is 13.8 Å². The minimum atomic E-state index is -5.08. The lowest BCUT2D eigenvalue weighted by atomic mass is 9.85. The first-order valence-corrected chi connectivity index (χ1v) is 29.1. The van der Waals surface area contributed by atoms with Crippen LogP contribution in [0.2, 0.25) is 0 Å². The lowest BCUT2D eigenvalue weighted by Crippen LogP contribution is -2.64. The van der Waals surface area contributed by atoms with E-state index in [1.807, 2.05) is 6.08 Å². The maximum absolute atomic E-state index is 13.0. The Balaban J connectivity index is 2.36. The Bertz CT molecular complexity index is 1160. The van der Waals surface area contributed by atoms with Crippen LogP contribution in [-0.4, -0.2) is 96.8 Å². The van der Waals surface area contributed by atoms with E-state index in [2.05, 4.69) is 19.2 Å².